The van der Waals surface area contributed by atoms with Gasteiger partial charge in [0.15, 0.2) is 6.61 Å². The Morgan fingerprint density at radius 1 is 1.47 bits per heavy atom. The number of carbonyl (C=O) groups is 1. The standard InChI is InChI=1S/C14H20N2O3/c1-10(2)19-14(17)9-18-13-6-5-12(16-8-13)7-15-11-3-4-11/h5-6,8,10-11,15H,3-4,7,9H2,1-2H3. The van der Waals surface area contributed by atoms with Crippen molar-refractivity contribution in [2.24, 2.45) is 0 Å². The molecule has 1 heterocycles. The Morgan fingerprint density at radius 3 is 2.84 bits per heavy atom. The summed E-state index contributed by atoms with van der Waals surface area (Å²) in [5.41, 5.74) is 0.976. The summed E-state index contributed by atoms with van der Waals surface area (Å²) in [5, 5.41) is 3.39. The fraction of sp³-hybridized carbons (Fsp3) is 0.571. The normalized spacial score (nSPS) is 14.5. The Hall–Kier alpha value is -1.62. The van der Waals surface area contributed by atoms with E-state index >= 15 is 0 Å². The first-order chi connectivity index (χ1) is 9.13. The molecule has 1 fully saturated rings. The Labute approximate surface area is 113 Å². The molecule has 19 heavy (non-hydrogen) atoms. The van der Waals surface area contributed by atoms with Crippen LogP contribution in [0.5, 0.6) is 5.75 Å². The first-order valence-electron chi connectivity index (χ1n) is 6.64. The molecule has 1 saturated carbocycles. The van der Waals surface area contributed by atoms with Crippen LogP contribution in [0.25, 0.3) is 0 Å². The van der Waals surface area contributed by atoms with Crippen molar-refractivity contribution in [1.82, 2.24) is 10.3 Å². The number of pyridine rings is 1. The fourth-order valence-corrected chi connectivity index (χ4v) is 1.58. The monoisotopic (exact) mass is 264 g/mol. The molecule has 2 rings (SSSR count). The van der Waals surface area contributed by atoms with Crippen LogP contribution >= 0.6 is 0 Å². The van der Waals surface area contributed by atoms with Gasteiger partial charge in [0.1, 0.15) is 5.75 Å². The Kier molecular flexibility index (Phi) is 4.74. The summed E-state index contributed by atoms with van der Waals surface area (Å²) in [4.78, 5) is 15.6. The molecule has 0 radical (unpaired) electrons. The Balaban J connectivity index is 1.72. The van der Waals surface area contributed by atoms with E-state index in [1.165, 1.54) is 12.8 Å². The van der Waals surface area contributed by atoms with Crippen molar-refractivity contribution >= 4 is 5.97 Å². The molecule has 0 aliphatic heterocycles. The first-order valence-corrected chi connectivity index (χ1v) is 6.64. The average Bonchev–Trinajstić information content (AvgIpc) is 3.18. The van der Waals surface area contributed by atoms with Crippen molar-refractivity contribution in [3.05, 3.63) is 24.0 Å². The lowest BCUT2D eigenvalue weighted by Crippen LogP contribution is -2.19. The lowest BCUT2D eigenvalue weighted by molar-refractivity contribution is -0.149. The SMILES string of the molecule is CC(C)OC(=O)COc1ccc(CNC2CC2)nc1. The molecule has 0 spiro atoms. The van der Waals surface area contributed by atoms with Crippen LogP contribution in [-0.4, -0.2) is 29.7 Å². The zero-order chi connectivity index (χ0) is 13.7. The minimum absolute atomic E-state index is 0.0838. The number of esters is 1. The molecule has 0 atom stereocenters. The molecular weight excluding hydrogens is 244 g/mol. The molecule has 0 amide bonds. The van der Waals surface area contributed by atoms with Gasteiger partial charge in [0.25, 0.3) is 0 Å². The zero-order valence-corrected chi connectivity index (χ0v) is 11.4. The van der Waals surface area contributed by atoms with Gasteiger partial charge >= 0.3 is 5.97 Å². The second-order valence-electron chi connectivity index (χ2n) is 4.97. The maximum absolute atomic E-state index is 11.3. The molecule has 5 heteroatoms. The number of nitrogens with one attached hydrogen (secondary N) is 1. The predicted octanol–water partition coefficient (Wildman–Crippen LogP) is 1.66. The van der Waals surface area contributed by atoms with Crippen molar-refractivity contribution in [3.8, 4) is 5.75 Å². The van der Waals surface area contributed by atoms with E-state index in [-0.39, 0.29) is 18.7 Å². The minimum atomic E-state index is -0.366. The smallest absolute Gasteiger partial charge is 0.344 e. The summed E-state index contributed by atoms with van der Waals surface area (Å²) in [6, 6.07) is 4.39. The molecule has 104 valence electrons. The van der Waals surface area contributed by atoms with Gasteiger partial charge in [-0.2, -0.15) is 0 Å². The fourth-order valence-electron chi connectivity index (χ4n) is 1.58. The van der Waals surface area contributed by atoms with Crippen LogP contribution in [0.4, 0.5) is 0 Å². The Morgan fingerprint density at radius 2 is 2.26 bits per heavy atom. The van der Waals surface area contributed by atoms with Crippen LogP contribution in [0.2, 0.25) is 0 Å². The maximum Gasteiger partial charge on any atom is 0.344 e. The topological polar surface area (TPSA) is 60.5 Å². The summed E-state index contributed by atoms with van der Waals surface area (Å²) in [5.74, 6) is 0.213. The van der Waals surface area contributed by atoms with Crippen molar-refractivity contribution < 1.29 is 14.3 Å². The number of aromatic nitrogens is 1. The van der Waals surface area contributed by atoms with Gasteiger partial charge in [0.2, 0.25) is 0 Å². The van der Waals surface area contributed by atoms with Gasteiger partial charge in [-0.25, -0.2) is 4.79 Å². The summed E-state index contributed by atoms with van der Waals surface area (Å²) in [7, 11) is 0. The van der Waals surface area contributed by atoms with Crippen molar-refractivity contribution in [2.45, 2.75) is 45.4 Å². The molecule has 1 aliphatic carbocycles. The molecule has 1 aromatic heterocycles. The van der Waals surface area contributed by atoms with E-state index in [1.807, 2.05) is 12.1 Å². The van der Waals surface area contributed by atoms with E-state index < -0.39 is 0 Å². The van der Waals surface area contributed by atoms with Crippen LogP contribution in [-0.2, 0) is 16.1 Å². The highest BCUT2D eigenvalue weighted by Gasteiger charge is 2.20. The van der Waals surface area contributed by atoms with Crippen LogP contribution in [0.3, 0.4) is 0 Å². The summed E-state index contributed by atoms with van der Waals surface area (Å²) >= 11 is 0. The van der Waals surface area contributed by atoms with E-state index in [2.05, 4.69) is 10.3 Å². The van der Waals surface area contributed by atoms with Gasteiger partial charge < -0.3 is 14.8 Å². The lowest BCUT2D eigenvalue weighted by Gasteiger charge is -2.09. The summed E-state index contributed by atoms with van der Waals surface area (Å²) < 4.78 is 10.3. The predicted molar refractivity (Wildman–Crippen MR) is 70.8 cm³/mol. The highest BCUT2D eigenvalue weighted by Crippen LogP contribution is 2.19. The summed E-state index contributed by atoms with van der Waals surface area (Å²) in [6.45, 7) is 4.31. The van der Waals surface area contributed by atoms with Gasteiger partial charge in [-0.05, 0) is 38.8 Å². The van der Waals surface area contributed by atoms with E-state index in [1.54, 1.807) is 20.0 Å². The number of nitrogens with zero attached hydrogens (tertiary/aromatic N) is 1. The number of carbonyl (C=O) groups excluding carboxylic acids is 1. The van der Waals surface area contributed by atoms with Crippen LogP contribution < -0.4 is 10.1 Å². The number of rotatable bonds is 7. The van der Waals surface area contributed by atoms with Gasteiger partial charge in [-0.1, -0.05) is 0 Å². The van der Waals surface area contributed by atoms with Crippen molar-refractivity contribution in [2.75, 3.05) is 6.61 Å². The largest absolute Gasteiger partial charge is 0.480 e. The van der Waals surface area contributed by atoms with Gasteiger partial charge in [0.05, 0.1) is 18.0 Å². The molecule has 1 aliphatic rings. The maximum atomic E-state index is 11.3. The molecule has 0 bridgehead atoms. The second-order valence-corrected chi connectivity index (χ2v) is 4.97. The molecule has 1 N–H and O–H groups in total. The first kappa shape index (κ1) is 13.8. The third kappa shape index (κ3) is 5.26. The molecule has 0 unspecified atom stereocenters. The third-order valence-corrected chi connectivity index (χ3v) is 2.67. The average molecular weight is 264 g/mol. The minimum Gasteiger partial charge on any atom is -0.480 e. The number of hydrogen-bond donors (Lipinski definition) is 1. The van der Waals surface area contributed by atoms with Crippen molar-refractivity contribution in [1.29, 1.82) is 0 Å². The summed E-state index contributed by atoms with van der Waals surface area (Å²) in [6.07, 6.45) is 4.04. The highest BCUT2D eigenvalue weighted by molar-refractivity contribution is 5.71. The quantitative estimate of drug-likeness (QED) is 0.759. The third-order valence-electron chi connectivity index (χ3n) is 2.67. The Bertz CT molecular complexity index is 413. The molecule has 1 aromatic rings. The van der Waals surface area contributed by atoms with Crippen LogP contribution in [0.1, 0.15) is 32.4 Å². The van der Waals surface area contributed by atoms with Gasteiger partial charge in [-0.3, -0.25) is 4.98 Å². The van der Waals surface area contributed by atoms with Gasteiger partial charge in [0, 0.05) is 12.6 Å². The molecule has 0 saturated heterocycles. The van der Waals surface area contributed by atoms with Crippen LogP contribution in [0, 0.1) is 0 Å². The number of ether oxygens (including phenoxy) is 2. The highest BCUT2D eigenvalue weighted by atomic mass is 16.6. The van der Waals surface area contributed by atoms with Gasteiger partial charge in [-0.15, -0.1) is 0 Å². The van der Waals surface area contributed by atoms with E-state index in [0.29, 0.717) is 11.8 Å². The van der Waals surface area contributed by atoms with Crippen molar-refractivity contribution in [3.63, 3.8) is 0 Å². The second kappa shape index (κ2) is 6.52. The van der Waals surface area contributed by atoms with E-state index in [4.69, 9.17) is 9.47 Å². The molecule has 5 nitrogen and oxygen atoms in total. The zero-order valence-electron chi connectivity index (χ0n) is 11.4. The lowest BCUT2D eigenvalue weighted by atomic mass is 10.3. The number of hydrogen-bond acceptors (Lipinski definition) is 5. The molecule has 0 aromatic carbocycles. The van der Waals surface area contributed by atoms with E-state index in [0.717, 1.165) is 12.2 Å². The van der Waals surface area contributed by atoms with E-state index in [9.17, 15) is 4.79 Å². The van der Waals surface area contributed by atoms with Crippen LogP contribution in [0.15, 0.2) is 18.3 Å². The molecular formula is C14H20N2O3.